The zero-order valence-corrected chi connectivity index (χ0v) is 21.8. The van der Waals surface area contributed by atoms with E-state index in [9.17, 15) is 0 Å². The van der Waals surface area contributed by atoms with Crippen LogP contribution in [0, 0.1) is 19.8 Å². The van der Waals surface area contributed by atoms with Crippen LogP contribution >= 0.6 is 24.0 Å². The molecule has 1 aromatic rings. The molecule has 1 heterocycles. The second-order valence-electron chi connectivity index (χ2n) is 7.98. The predicted octanol–water partition coefficient (Wildman–Crippen LogP) is 3.51. The summed E-state index contributed by atoms with van der Waals surface area (Å²) >= 11 is 0. The summed E-state index contributed by atoms with van der Waals surface area (Å²) in [6.45, 7) is 18.6. The van der Waals surface area contributed by atoms with Crippen molar-refractivity contribution < 1.29 is 0 Å². The summed E-state index contributed by atoms with van der Waals surface area (Å²) in [5.74, 6) is 1.56. The molecule has 0 radical (unpaired) electrons. The first kappa shape index (κ1) is 27.2. The lowest BCUT2D eigenvalue weighted by Crippen LogP contribution is -2.49. The van der Waals surface area contributed by atoms with Crippen LogP contribution < -0.4 is 10.6 Å². The summed E-state index contributed by atoms with van der Waals surface area (Å²) in [5, 5.41) is 11.6. The Bertz CT molecular complexity index is 592. The third kappa shape index (κ3) is 8.27. The zero-order chi connectivity index (χ0) is 20.6. The highest BCUT2D eigenvalue weighted by atomic mass is 127. The Kier molecular flexibility index (Phi) is 13.0. The molecule has 0 aliphatic heterocycles. The van der Waals surface area contributed by atoms with Gasteiger partial charge >= 0.3 is 0 Å². The molecule has 28 heavy (non-hydrogen) atoms. The molecule has 7 heteroatoms. The summed E-state index contributed by atoms with van der Waals surface area (Å²) in [5.41, 5.74) is 3.68. The number of hydrogen-bond acceptors (Lipinski definition) is 3. The van der Waals surface area contributed by atoms with Gasteiger partial charge in [-0.2, -0.15) is 5.10 Å². The average Bonchev–Trinajstić information content (AvgIpc) is 2.84. The summed E-state index contributed by atoms with van der Waals surface area (Å²) in [6.07, 6.45) is 2.13. The van der Waals surface area contributed by atoms with Crippen LogP contribution in [0.5, 0.6) is 0 Å². The normalized spacial score (nSPS) is 14.2. The molecule has 0 fully saturated rings. The molecule has 1 rings (SSSR count). The molecule has 0 aliphatic rings. The van der Waals surface area contributed by atoms with Gasteiger partial charge < -0.3 is 10.6 Å². The number of guanidine groups is 1. The van der Waals surface area contributed by atoms with Crippen LogP contribution in [0.2, 0.25) is 0 Å². The van der Waals surface area contributed by atoms with Gasteiger partial charge in [-0.15, -0.1) is 24.0 Å². The van der Waals surface area contributed by atoms with Crippen molar-refractivity contribution >= 4 is 29.9 Å². The number of nitrogens with one attached hydrogen (secondary N) is 2. The van der Waals surface area contributed by atoms with E-state index in [-0.39, 0.29) is 30.0 Å². The topological polar surface area (TPSA) is 57.5 Å². The summed E-state index contributed by atoms with van der Waals surface area (Å²) in [7, 11) is 3.85. The molecule has 2 unspecified atom stereocenters. The largest absolute Gasteiger partial charge is 0.355 e. The molecule has 0 aromatic carbocycles. The quantitative estimate of drug-likeness (QED) is 0.290. The first-order chi connectivity index (χ1) is 12.7. The maximum absolute atomic E-state index is 4.53. The second-order valence-corrected chi connectivity index (χ2v) is 7.98. The van der Waals surface area contributed by atoms with E-state index in [1.54, 1.807) is 0 Å². The van der Waals surface area contributed by atoms with E-state index in [1.165, 1.54) is 17.7 Å². The van der Waals surface area contributed by atoms with E-state index in [0.717, 1.165) is 37.7 Å². The standard InChI is InChI=1S/C21H42N6.HI/c1-10-27(11-2)19(12-15(3)4)14-23-21(22-8)24-16(5)13-20-17(6)25-26(9)18(20)7;/h15-16,19H,10-14H2,1-9H3,(H2,22,23,24);1H. The minimum atomic E-state index is 0. The molecule has 2 atom stereocenters. The van der Waals surface area contributed by atoms with Crippen LogP contribution in [-0.4, -0.2) is 59.4 Å². The summed E-state index contributed by atoms with van der Waals surface area (Å²) in [4.78, 5) is 6.97. The molecular weight excluding hydrogens is 463 g/mol. The lowest BCUT2D eigenvalue weighted by atomic mass is 10.0. The molecule has 0 spiro atoms. The number of aliphatic imine (C=N–C) groups is 1. The maximum atomic E-state index is 4.53. The van der Waals surface area contributed by atoms with Gasteiger partial charge in [0.15, 0.2) is 5.96 Å². The van der Waals surface area contributed by atoms with E-state index in [1.807, 2.05) is 18.8 Å². The molecule has 1 aromatic heterocycles. The van der Waals surface area contributed by atoms with E-state index < -0.39 is 0 Å². The fourth-order valence-electron chi connectivity index (χ4n) is 3.76. The van der Waals surface area contributed by atoms with Gasteiger partial charge in [-0.3, -0.25) is 14.6 Å². The van der Waals surface area contributed by atoms with Crippen molar-refractivity contribution in [1.29, 1.82) is 0 Å². The monoisotopic (exact) mass is 506 g/mol. The lowest BCUT2D eigenvalue weighted by Gasteiger charge is -2.32. The number of aryl methyl sites for hydroxylation is 2. The van der Waals surface area contributed by atoms with Gasteiger partial charge in [0.2, 0.25) is 0 Å². The van der Waals surface area contributed by atoms with Crippen molar-refractivity contribution in [2.24, 2.45) is 18.0 Å². The molecule has 164 valence electrons. The van der Waals surface area contributed by atoms with E-state index >= 15 is 0 Å². The number of rotatable bonds is 10. The highest BCUT2D eigenvalue weighted by Gasteiger charge is 2.18. The highest BCUT2D eigenvalue weighted by Crippen LogP contribution is 2.14. The molecule has 0 aliphatic carbocycles. The van der Waals surface area contributed by atoms with Crippen LogP contribution in [0.15, 0.2) is 4.99 Å². The number of nitrogens with zero attached hydrogens (tertiary/aromatic N) is 4. The Labute approximate surface area is 190 Å². The molecule has 6 nitrogen and oxygen atoms in total. The van der Waals surface area contributed by atoms with Gasteiger partial charge in [-0.25, -0.2) is 0 Å². The fraction of sp³-hybridized carbons (Fsp3) is 0.810. The smallest absolute Gasteiger partial charge is 0.191 e. The lowest BCUT2D eigenvalue weighted by molar-refractivity contribution is 0.191. The molecule has 0 amide bonds. The third-order valence-electron chi connectivity index (χ3n) is 5.35. The molecular formula is C21H43IN6. The fourth-order valence-corrected chi connectivity index (χ4v) is 3.76. The Morgan fingerprint density at radius 1 is 1.18 bits per heavy atom. The van der Waals surface area contributed by atoms with Gasteiger partial charge in [0, 0.05) is 38.4 Å². The average molecular weight is 507 g/mol. The minimum Gasteiger partial charge on any atom is -0.355 e. The van der Waals surface area contributed by atoms with Crippen LogP contribution in [0.25, 0.3) is 0 Å². The Hall–Kier alpha value is -0.830. The molecule has 0 bridgehead atoms. The van der Waals surface area contributed by atoms with Gasteiger partial charge in [0.25, 0.3) is 0 Å². The third-order valence-corrected chi connectivity index (χ3v) is 5.35. The number of likely N-dealkylation sites (N-methyl/N-ethyl adjacent to an activating group) is 1. The number of aromatic nitrogens is 2. The minimum absolute atomic E-state index is 0. The van der Waals surface area contributed by atoms with Gasteiger partial charge in [-0.1, -0.05) is 27.7 Å². The number of hydrogen-bond donors (Lipinski definition) is 2. The molecule has 2 N–H and O–H groups in total. The van der Waals surface area contributed by atoms with Crippen LogP contribution in [0.1, 0.15) is 58.0 Å². The molecule has 0 saturated carbocycles. The van der Waals surface area contributed by atoms with Crippen molar-refractivity contribution in [3.63, 3.8) is 0 Å². The van der Waals surface area contributed by atoms with E-state index in [0.29, 0.717) is 12.0 Å². The highest BCUT2D eigenvalue weighted by molar-refractivity contribution is 14.0. The van der Waals surface area contributed by atoms with Crippen molar-refractivity contribution in [2.45, 2.75) is 73.4 Å². The van der Waals surface area contributed by atoms with Crippen LogP contribution in [-0.2, 0) is 13.5 Å². The van der Waals surface area contributed by atoms with Crippen molar-refractivity contribution in [3.05, 3.63) is 17.0 Å². The van der Waals surface area contributed by atoms with E-state index in [4.69, 9.17) is 0 Å². The van der Waals surface area contributed by atoms with Crippen molar-refractivity contribution in [1.82, 2.24) is 25.3 Å². The number of halogens is 1. The van der Waals surface area contributed by atoms with Gasteiger partial charge in [0.05, 0.1) is 5.69 Å². The van der Waals surface area contributed by atoms with Crippen LogP contribution in [0.3, 0.4) is 0 Å². The van der Waals surface area contributed by atoms with E-state index in [2.05, 4.69) is 74.1 Å². The SMILES string of the molecule is CCN(CC)C(CNC(=NC)NC(C)Cc1c(C)nn(C)c1C)CC(C)C.I. The Balaban J connectivity index is 0.00000729. The summed E-state index contributed by atoms with van der Waals surface area (Å²) < 4.78 is 1.96. The Morgan fingerprint density at radius 2 is 1.79 bits per heavy atom. The first-order valence-corrected chi connectivity index (χ1v) is 10.4. The zero-order valence-electron chi connectivity index (χ0n) is 19.5. The van der Waals surface area contributed by atoms with Crippen LogP contribution in [0.4, 0.5) is 0 Å². The van der Waals surface area contributed by atoms with Gasteiger partial charge in [-0.05, 0) is 58.2 Å². The summed E-state index contributed by atoms with van der Waals surface area (Å²) in [6, 6.07) is 0.812. The molecule has 0 saturated heterocycles. The van der Waals surface area contributed by atoms with Crippen molar-refractivity contribution in [3.8, 4) is 0 Å². The first-order valence-electron chi connectivity index (χ1n) is 10.4. The Morgan fingerprint density at radius 3 is 2.21 bits per heavy atom. The van der Waals surface area contributed by atoms with Gasteiger partial charge in [0.1, 0.15) is 0 Å². The maximum Gasteiger partial charge on any atom is 0.191 e. The predicted molar refractivity (Wildman–Crippen MR) is 132 cm³/mol. The van der Waals surface area contributed by atoms with Crippen molar-refractivity contribution in [2.75, 3.05) is 26.7 Å². The second kappa shape index (κ2) is 13.4.